The van der Waals surface area contributed by atoms with E-state index in [9.17, 15) is 4.79 Å². The molecule has 0 atom stereocenters. The second-order valence-corrected chi connectivity index (χ2v) is 7.89. The Balaban J connectivity index is 0. The summed E-state index contributed by atoms with van der Waals surface area (Å²) in [6.45, 7) is 15.8. The Morgan fingerprint density at radius 3 is 1.74 bits per heavy atom. The van der Waals surface area contributed by atoms with Gasteiger partial charge in [-0.25, -0.2) is 4.79 Å². The lowest BCUT2D eigenvalue weighted by Gasteiger charge is -2.28. The molecule has 0 heterocycles. The van der Waals surface area contributed by atoms with Crippen molar-refractivity contribution in [1.29, 1.82) is 0 Å². The predicted molar refractivity (Wildman–Crippen MR) is 97.4 cm³/mol. The monoisotopic (exact) mass is 366 g/mol. The van der Waals surface area contributed by atoms with Crippen LogP contribution in [0, 0.1) is 0 Å². The highest BCUT2D eigenvalue weighted by molar-refractivity contribution is 6.60. The fourth-order valence-corrected chi connectivity index (χ4v) is 4.16. The van der Waals surface area contributed by atoms with Crippen molar-refractivity contribution in [2.75, 3.05) is 33.0 Å². The number of ether oxygens (including phenoxy) is 1. The minimum absolute atomic E-state index is 0.327. The molecule has 0 aliphatic rings. The van der Waals surface area contributed by atoms with Crippen LogP contribution in [0.5, 0.6) is 0 Å². The highest BCUT2D eigenvalue weighted by atomic mass is 28.4. The number of hydrogen-bond donors (Lipinski definition) is 0. The summed E-state index contributed by atoms with van der Waals surface area (Å²) >= 11 is 0. The van der Waals surface area contributed by atoms with Crippen LogP contribution in [0.1, 0.15) is 41.0 Å². The Labute approximate surface area is 145 Å². The van der Waals surface area contributed by atoms with Gasteiger partial charge in [0.15, 0.2) is 0 Å². The van der Waals surface area contributed by atoms with Gasteiger partial charge in [-0.1, -0.05) is 6.58 Å². The maximum absolute atomic E-state index is 11.2. The van der Waals surface area contributed by atoms with Crippen LogP contribution in [-0.2, 0) is 27.2 Å². The SMILES string of the molecule is C=C(C)C(=O)OCCC[Si](OCC)(OCC)OCC.CCO[SiH3]. The third kappa shape index (κ3) is 13.6. The van der Waals surface area contributed by atoms with Crippen molar-refractivity contribution in [3.8, 4) is 0 Å². The van der Waals surface area contributed by atoms with Crippen LogP contribution < -0.4 is 0 Å². The van der Waals surface area contributed by atoms with E-state index in [0.717, 1.165) is 17.1 Å². The summed E-state index contributed by atoms with van der Waals surface area (Å²) in [6.07, 6.45) is 0.658. The quantitative estimate of drug-likeness (QED) is 0.227. The van der Waals surface area contributed by atoms with Gasteiger partial charge in [0.1, 0.15) is 10.5 Å². The molecule has 6 nitrogen and oxygen atoms in total. The van der Waals surface area contributed by atoms with E-state index in [-0.39, 0.29) is 5.97 Å². The number of esters is 1. The molecule has 0 unspecified atom stereocenters. The van der Waals surface area contributed by atoms with Gasteiger partial charge >= 0.3 is 14.8 Å². The zero-order valence-corrected chi connectivity index (χ0v) is 18.6. The topological polar surface area (TPSA) is 63.2 Å². The summed E-state index contributed by atoms with van der Waals surface area (Å²) < 4.78 is 26.8. The third-order valence-corrected chi connectivity index (χ3v) is 6.32. The van der Waals surface area contributed by atoms with Crippen LogP contribution in [0.3, 0.4) is 0 Å². The summed E-state index contributed by atoms with van der Waals surface area (Å²) in [5.74, 6) is -0.364. The van der Waals surface area contributed by atoms with Gasteiger partial charge < -0.3 is 22.4 Å². The molecule has 0 spiro atoms. The molecule has 0 rings (SSSR count). The molecule has 0 aromatic heterocycles. The van der Waals surface area contributed by atoms with Gasteiger partial charge in [-0.05, 0) is 41.0 Å². The summed E-state index contributed by atoms with van der Waals surface area (Å²) in [4.78, 5) is 11.2. The lowest BCUT2D eigenvalue weighted by atomic mass is 10.4. The molecule has 0 N–H and O–H groups in total. The molecule has 138 valence electrons. The molecule has 0 amide bonds. The molecule has 0 aliphatic carbocycles. The van der Waals surface area contributed by atoms with Crippen molar-refractivity contribution < 1.29 is 27.2 Å². The molecule has 0 aromatic rings. The van der Waals surface area contributed by atoms with Crippen molar-refractivity contribution in [2.24, 2.45) is 0 Å². The molecular formula is C15H34O6Si2. The smallest absolute Gasteiger partial charge is 0.462 e. The molecule has 0 fully saturated rings. The molecule has 0 saturated carbocycles. The normalized spacial score (nSPS) is 10.8. The number of carbonyl (C=O) groups excluding carboxylic acids is 1. The van der Waals surface area contributed by atoms with Gasteiger partial charge in [0.05, 0.1) is 6.61 Å². The van der Waals surface area contributed by atoms with Crippen LogP contribution in [0.25, 0.3) is 0 Å². The fraction of sp³-hybridized carbons (Fsp3) is 0.800. The van der Waals surface area contributed by atoms with Crippen molar-refractivity contribution in [3.63, 3.8) is 0 Å². The first kappa shape index (κ1) is 24.7. The third-order valence-electron chi connectivity index (χ3n) is 2.59. The molecule has 0 aromatic carbocycles. The van der Waals surface area contributed by atoms with E-state index in [1.807, 2.05) is 27.7 Å². The van der Waals surface area contributed by atoms with Gasteiger partial charge in [-0.3, -0.25) is 0 Å². The highest BCUT2D eigenvalue weighted by Gasteiger charge is 2.39. The molecule has 0 bridgehead atoms. The molecule has 23 heavy (non-hydrogen) atoms. The van der Waals surface area contributed by atoms with Gasteiger partial charge in [0.25, 0.3) is 0 Å². The predicted octanol–water partition coefficient (Wildman–Crippen LogP) is 1.85. The van der Waals surface area contributed by atoms with Gasteiger partial charge in [-0.15, -0.1) is 0 Å². The maximum atomic E-state index is 11.2. The minimum atomic E-state index is -2.61. The van der Waals surface area contributed by atoms with Gasteiger partial charge in [-0.2, -0.15) is 0 Å². The Kier molecular flexibility index (Phi) is 17.6. The summed E-state index contributed by atoms with van der Waals surface area (Å²) in [5.41, 5.74) is 0.405. The van der Waals surface area contributed by atoms with Crippen LogP contribution in [0.2, 0.25) is 6.04 Å². The fourth-order valence-electron chi connectivity index (χ4n) is 1.58. The zero-order valence-electron chi connectivity index (χ0n) is 15.6. The average Bonchev–Trinajstić information content (AvgIpc) is 2.52. The number of hydrogen-bond acceptors (Lipinski definition) is 6. The van der Waals surface area contributed by atoms with Crippen molar-refractivity contribution >= 4 is 25.3 Å². The first-order valence-electron chi connectivity index (χ1n) is 8.16. The van der Waals surface area contributed by atoms with E-state index in [1.165, 1.54) is 0 Å². The Bertz CT molecular complexity index is 293. The molecule has 0 saturated heterocycles. The Morgan fingerprint density at radius 1 is 1.00 bits per heavy atom. The lowest BCUT2D eigenvalue weighted by molar-refractivity contribution is -0.139. The maximum Gasteiger partial charge on any atom is 0.501 e. The van der Waals surface area contributed by atoms with E-state index >= 15 is 0 Å². The molecular weight excluding hydrogens is 332 g/mol. The zero-order chi connectivity index (χ0) is 18.1. The second-order valence-electron chi connectivity index (χ2n) is 4.58. The van der Waals surface area contributed by atoms with Crippen LogP contribution in [0.15, 0.2) is 12.2 Å². The first-order chi connectivity index (χ1) is 10.9. The van der Waals surface area contributed by atoms with Gasteiger partial charge in [0.2, 0.25) is 0 Å². The highest BCUT2D eigenvalue weighted by Crippen LogP contribution is 2.18. The molecule has 8 heteroatoms. The van der Waals surface area contributed by atoms with E-state index in [0.29, 0.717) is 44.5 Å². The first-order valence-corrected chi connectivity index (χ1v) is 10.9. The van der Waals surface area contributed by atoms with Crippen LogP contribution in [-0.4, -0.2) is 58.3 Å². The van der Waals surface area contributed by atoms with E-state index in [2.05, 4.69) is 11.0 Å². The Hall–Kier alpha value is -0.516. The lowest BCUT2D eigenvalue weighted by Crippen LogP contribution is -2.46. The van der Waals surface area contributed by atoms with E-state index in [4.69, 9.17) is 18.0 Å². The van der Waals surface area contributed by atoms with Crippen molar-refractivity contribution in [2.45, 2.75) is 47.1 Å². The summed E-state index contributed by atoms with van der Waals surface area (Å²) in [6, 6.07) is 0.645. The number of rotatable bonds is 12. The van der Waals surface area contributed by atoms with Crippen molar-refractivity contribution in [3.05, 3.63) is 12.2 Å². The molecule has 0 aliphatic heterocycles. The number of carbonyl (C=O) groups is 1. The van der Waals surface area contributed by atoms with E-state index in [1.54, 1.807) is 6.92 Å². The summed E-state index contributed by atoms with van der Waals surface area (Å²) in [7, 11) is -1.72. The Morgan fingerprint density at radius 2 is 1.43 bits per heavy atom. The van der Waals surface area contributed by atoms with Gasteiger partial charge in [0, 0.05) is 38.0 Å². The average molecular weight is 367 g/mol. The van der Waals surface area contributed by atoms with Crippen molar-refractivity contribution in [1.82, 2.24) is 0 Å². The summed E-state index contributed by atoms with van der Waals surface area (Å²) in [5, 5.41) is 0. The largest absolute Gasteiger partial charge is 0.501 e. The van der Waals surface area contributed by atoms with E-state index < -0.39 is 8.80 Å². The second kappa shape index (κ2) is 16.3. The van der Waals surface area contributed by atoms with Crippen LogP contribution in [0.4, 0.5) is 0 Å². The standard InChI is InChI=1S/C13H26O5Si.C2H8OSi/c1-6-16-19(17-7-2,18-8-3)11-9-10-15-13(14)12(4)5;1-2-3-4/h4,6-11H2,1-3,5H3;2H2,1,4H3. The van der Waals surface area contributed by atoms with Crippen LogP contribution >= 0.6 is 0 Å². The minimum Gasteiger partial charge on any atom is -0.462 e. The molecule has 0 radical (unpaired) electrons.